The summed E-state index contributed by atoms with van der Waals surface area (Å²) in [4.78, 5) is 19.3. The fourth-order valence-corrected chi connectivity index (χ4v) is 4.45. The Morgan fingerprint density at radius 3 is 2.60 bits per heavy atom. The van der Waals surface area contributed by atoms with E-state index in [-0.39, 0.29) is 5.97 Å². The first-order chi connectivity index (χ1) is 17.2. The lowest BCUT2D eigenvalue weighted by atomic mass is 10.1. The number of ether oxygens (including phenoxy) is 2. The highest BCUT2D eigenvalue weighted by atomic mass is 16.5. The Hall–Kier alpha value is -3.71. The minimum absolute atomic E-state index is 0.329. The third-order valence-electron chi connectivity index (χ3n) is 6.23. The molecule has 0 unspecified atom stereocenters. The maximum Gasteiger partial charge on any atom is 0.338 e. The van der Waals surface area contributed by atoms with Crippen molar-refractivity contribution in [1.29, 1.82) is 0 Å². The Morgan fingerprint density at radius 2 is 1.80 bits per heavy atom. The average Bonchev–Trinajstić information content (AvgIpc) is 3.55. The molecule has 0 amide bonds. The molecule has 7 nitrogen and oxygen atoms in total. The molecule has 0 atom stereocenters. The van der Waals surface area contributed by atoms with Gasteiger partial charge in [-0.05, 0) is 74.8 Å². The van der Waals surface area contributed by atoms with Gasteiger partial charge in [-0.2, -0.15) is 5.10 Å². The van der Waals surface area contributed by atoms with Gasteiger partial charge in [-0.3, -0.25) is 4.90 Å². The Morgan fingerprint density at radius 1 is 1.00 bits per heavy atom. The number of carbonyl (C=O) groups excluding carboxylic acids is 1. The molecular weight excluding hydrogens is 440 g/mol. The third-order valence-corrected chi connectivity index (χ3v) is 6.23. The third kappa shape index (κ3) is 5.52. The monoisotopic (exact) mass is 470 g/mol. The van der Waals surface area contributed by atoms with E-state index >= 15 is 0 Å². The molecular formula is C28H30N4O3. The van der Waals surface area contributed by atoms with Crippen LogP contribution in [0.3, 0.4) is 0 Å². The molecule has 0 spiro atoms. The number of hydrogen-bond acceptors (Lipinski definition) is 6. The zero-order valence-corrected chi connectivity index (χ0v) is 20.0. The summed E-state index contributed by atoms with van der Waals surface area (Å²) in [5.41, 5.74) is 4.16. The largest absolute Gasteiger partial charge is 0.492 e. The van der Waals surface area contributed by atoms with Gasteiger partial charge >= 0.3 is 5.97 Å². The van der Waals surface area contributed by atoms with Crippen LogP contribution in [-0.4, -0.2) is 58.3 Å². The van der Waals surface area contributed by atoms with Gasteiger partial charge in [0.2, 0.25) is 0 Å². The topological polar surface area (TPSA) is 69.0 Å². The highest BCUT2D eigenvalue weighted by molar-refractivity contribution is 5.91. The van der Waals surface area contributed by atoms with Crippen molar-refractivity contribution in [3.8, 4) is 17.0 Å². The van der Waals surface area contributed by atoms with Gasteiger partial charge in [0.1, 0.15) is 12.4 Å². The lowest BCUT2D eigenvalue weighted by Gasteiger charge is -2.14. The smallest absolute Gasteiger partial charge is 0.338 e. The number of likely N-dealkylation sites (tertiary alicyclic amines) is 1. The maximum atomic E-state index is 12.2. The van der Waals surface area contributed by atoms with Crippen LogP contribution < -0.4 is 4.74 Å². The summed E-state index contributed by atoms with van der Waals surface area (Å²) in [6.45, 7) is 6.22. The minimum atomic E-state index is -0.329. The van der Waals surface area contributed by atoms with E-state index in [1.165, 1.54) is 25.9 Å². The van der Waals surface area contributed by atoms with Crippen molar-refractivity contribution >= 4 is 11.6 Å². The normalized spacial score (nSPS) is 13.9. The van der Waals surface area contributed by atoms with Crippen LogP contribution in [-0.2, 0) is 11.2 Å². The molecule has 1 saturated heterocycles. The maximum absolute atomic E-state index is 12.2. The van der Waals surface area contributed by atoms with E-state index in [1.54, 1.807) is 13.0 Å². The van der Waals surface area contributed by atoms with Crippen molar-refractivity contribution in [2.45, 2.75) is 26.2 Å². The first kappa shape index (κ1) is 23.1. The number of rotatable bonds is 9. The van der Waals surface area contributed by atoms with Crippen molar-refractivity contribution in [1.82, 2.24) is 19.5 Å². The number of aromatic nitrogens is 3. The molecule has 4 aromatic rings. The number of hydrogen-bond donors (Lipinski definition) is 0. The molecule has 3 heterocycles. The van der Waals surface area contributed by atoms with Crippen molar-refractivity contribution < 1.29 is 14.3 Å². The van der Waals surface area contributed by atoms with Gasteiger partial charge in [0.15, 0.2) is 11.5 Å². The van der Waals surface area contributed by atoms with Gasteiger partial charge < -0.3 is 9.47 Å². The summed E-state index contributed by atoms with van der Waals surface area (Å²) in [6.07, 6.45) is 3.22. The van der Waals surface area contributed by atoms with E-state index in [4.69, 9.17) is 19.6 Å². The van der Waals surface area contributed by atoms with Crippen LogP contribution in [0.25, 0.3) is 16.9 Å². The van der Waals surface area contributed by atoms with Crippen LogP contribution in [0, 0.1) is 0 Å². The summed E-state index contributed by atoms with van der Waals surface area (Å²) < 4.78 is 12.9. The Bertz CT molecular complexity index is 1290. The lowest BCUT2D eigenvalue weighted by Crippen LogP contribution is -2.25. The fraction of sp³-hybridized carbons (Fsp3) is 0.321. The van der Waals surface area contributed by atoms with Crippen LogP contribution >= 0.6 is 0 Å². The molecule has 2 aromatic carbocycles. The molecule has 35 heavy (non-hydrogen) atoms. The van der Waals surface area contributed by atoms with Crippen molar-refractivity contribution in [3.63, 3.8) is 0 Å². The first-order valence-corrected chi connectivity index (χ1v) is 12.3. The molecule has 1 aliphatic heterocycles. The second kappa shape index (κ2) is 10.7. The van der Waals surface area contributed by atoms with Gasteiger partial charge in [-0.15, -0.1) is 0 Å². The van der Waals surface area contributed by atoms with Gasteiger partial charge in [0, 0.05) is 18.5 Å². The average molecular weight is 471 g/mol. The number of esters is 1. The second-order valence-electron chi connectivity index (χ2n) is 8.73. The quantitative estimate of drug-likeness (QED) is 0.332. The molecule has 0 radical (unpaired) electrons. The zero-order valence-electron chi connectivity index (χ0n) is 20.0. The highest BCUT2D eigenvalue weighted by Crippen LogP contribution is 2.23. The second-order valence-corrected chi connectivity index (χ2v) is 8.73. The van der Waals surface area contributed by atoms with Gasteiger partial charge in [-0.25, -0.2) is 14.3 Å². The van der Waals surface area contributed by atoms with Crippen molar-refractivity contribution in [3.05, 3.63) is 83.7 Å². The van der Waals surface area contributed by atoms with Crippen molar-refractivity contribution in [2.75, 3.05) is 32.8 Å². The standard InChI is InChI=1S/C28H30N4O3/c1-2-34-28(33)23-8-5-7-22(20-23)25-9-6-10-27-29-26(30-32(25)27)19-21-11-13-24(14-12-21)35-18-17-31-15-3-4-16-31/h5-14,20H,2-4,15-19H2,1H3. The van der Waals surface area contributed by atoms with Gasteiger partial charge in [0.05, 0.1) is 17.9 Å². The number of fused-ring (bicyclic) bond motifs is 1. The van der Waals surface area contributed by atoms with Crippen LogP contribution in [0.5, 0.6) is 5.75 Å². The zero-order chi connectivity index (χ0) is 24.0. The number of carbonyl (C=O) groups is 1. The van der Waals surface area contributed by atoms with E-state index in [0.717, 1.165) is 40.6 Å². The van der Waals surface area contributed by atoms with Crippen molar-refractivity contribution in [2.24, 2.45) is 0 Å². The summed E-state index contributed by atoms with van der Waals surface area (Å²) in [5.74, 6) is 1.30. The molecule has 0 N–H and O–H groups in total. The molecule has 7 heteroatoms. The van der Waals surface area contributed by atoms with Crippen LogP contribution in [0.4, 0.5) is 0 Å². The van der Waals surface area contributed by atoms with E-state index in [2.05, 4.69) is 17.0 Å². The summed E-state index contributed by atoms with van der Waals surface area (Å²) in [6, 6.07) is 21.4. The first-order valence-electron chi connectivity index (χ1n) is 12.3. The molecule has 1 aliphatic rings. The number of benzene rings is 2. The molecule has 0 bridgehead atoms. The van der Waals surface area contributed by atoms with E-state index in [0.29, 0.717) is 25.2 Å². The lowest BCUT2D eigenvalue weighted by molar-refractivity contribution is 0.0526. The summed E-state index contributed by atoms with van der Waals surface area (Å²) >= 11 is 0. The molecule has 0 saturated carbocycles. The Kier molecular flexibility index (Phi) is 7.04. The fourth-order valence-electron chi connectivity index (χ4n) is 4.45. The predicted octanol–water partition coefficient (Wildman–Crippen LogP) is 4.64. The highest BCUT2D eigenvalue weighted by Gasteiger charge is 2.13. The molecule has 5 rings (SSSR count). The predicted molar refractivity (Wildman–Crippen MR) is 135 cm³/mol. The SMILES string of the molecule is CCOC(=O)c1cccc(-c2cccc3nc(Cc4ccc(OCCN5CCCC5)cc4)nn23)c1. The van der Waals surface area contributed by atoms with E-state index in [1.807, 2.05) is 53.0 Å². The molecule has 0 aliphatic carbocycles. The molecule has 2 aromatic heterocycles. The van der Waals surface area contributed by atoms with E-state index in [9.17, 15) is 4.79 Å². The Balaban J connectivity index is 1.29. The summed E-state index contributed by atoms with van der Waals surface area (Å²) in [7, 11) is 0. The summed E-state index contributed by atoms with van der Waals surface area (Å²) in [5, 5.41) is 4.76. The minimum Gasteiger partial charge on any atom is -0.492 e. The number of pyridine rings is 1. The molecule has 1 fully saturated rings. The van der Waals surface area contributed by atoms with Crippen LogP contribution in [0.1, 0.15) is 41.5 Å². The number of nitrogens with zero attached hydrogens (tertiary/aromatic N) is 4. The van der Waals surface area contributed by atoms with E-state index < -0.39 is 0 Å². The van der Waals surface area contributed by atoms with Gasteiger partial charge in [0.25, 0.3) is 0 Å². The van der Waals surface area contributed by atoms with Gasteiger partial charge in [-0.1, -0.05) is 30.3 Å². The van der Waals surface area contributed by atoms with Crippen LogP contribution in [0.15, 0.2) is 66.7 Å². The van der Waals surface area contributed by atoms with Crippen LogP contribution in [0.2, 0.25) is 0 Å². The molecule has 180 valence electrons. The Labute approximate surface area is 205 Å².